The summed E-state index contributed by atoms with van der Waals surface area (Å²) in [6.07, 6.45) is 2.31. The van der Waals surface area contributed by atoms with E-state index in [1.165, 1.54) is 0 Å². The largest absolute Gasteiger partial charge is 0.497 e. The molecule has 0 spiro atoms. The van der Waals surface area contributed by atoms with E-state index in [0.717, 1.165) is 25.1 Å². The zero-order valence-electron chi connectivity index (χ0n) is 13.9. The Labute approximate surface area is 137 Å². The third-order valence-electron chi connectivity index (χ3n) is 4.19. The van der Waals surface area contributed by atoms with Crippen LogP contribution in [-0.2, 0) is 9.53 Å². The van der Waals surface area contributed by atoms with Crippen LogP contribution in [0.2, 0.25) is 0 Å². The number of piperidine rings is 1. The van der Waals surface area contributed by atoms with Crippen molar-refractivity contribution in [3.8, 4) is 5.75 Å². The minimum Gasteiger partial charge on any atom is -0.497 e. The van der Waals surface area contributed by atoms with Crippen molar-refractivity contribution in [3.05, 3.63) is 29.8 Å². The minimum absolute atomic E-state index is 0.0558. The lowest BCUT2D eigenvalue weighted by Crippen LogP contribution is -2.40. The third-order valence-corrected chi connectivity index (χ3v) is 4.19. The second-order valence-corrected chi connectivity index (χ2v) is 5.79. The topological polar surface area (TPSA) is 55.8 Å². The van der Waals surface area contributed by atoms with Gasteiger partial charge in [-0.25, -0.2) is 0 Å². The number of rotatable bonds is 7. The summed E-state index contributed by atoms with van der Waals surface area (Å²) in [5, 5.41) is 0. The lowest BCUT2D eigenvalue weighted by molar-refractivity contribution is -0.149. The summed E-state index contributed by atoms with van der Waals surface area (Å²) in [5.74, 6) is 0.694. The molecule has 1 aliphatic rings. The lowest BCUT2D eigenvalue weighted by atomic mass is 9.97. The molecule has 5 nitrogen and oxygen atoms in total. The quantitative estimate of drug-likeness (QED) is 0.571. The summed E-state index contributed by atoms with van der Waals surface area (Å²) < 4.78 is 10.2. The first-order valence-electron chi connectivity index (χ1n) is 8.20. The van der Waals surface area contributed by atoms with Gasteiger partial charge in [0.15, 0.2) is 5.78 Å². The molecule has 0 aliphatic carbocycles. The maximum Gasteiger partial charge on any atom is 0.310 e. The number of benzene rings is 1. The molecular formula is C18H25NO4. The van der Waals surface area contributed by atoms with Gasteiger partial charge < -0.3 is 14.4 Å². The fourth-order valence-electron chi connectivity index (χ4n) is 2.89. The molecule has 1 saturated heterocycles. The van der Waals surface area contributed by atoms with E-state index in [-0.39, 0.29) is 17.7 Å². The smallest absolute Gasteiger partial charge is 0.310 e. The molecule has 0 aromatic heterocycles. The molecule has 126 valence electrons. The van der Waals surface area contributed by atoms with Crippen molar-refractivity contribution in [2.45, 2.75) is 26.2 Å². The molecule has 1 fully saturated rings. The normalized spacial score (nSPS) is 18.4. The SMILES string of the molecule is CCOC(=O)C1CCCN(CCC(=O)c2ccc(OC)cc2)C1. The predicted octanol–water partition coefficient (Wildman–Crippen LogP) is 2.54. The van der Waals surface area contributed by atoms with E-state index in [9.17, 15) is 9.59 Å². The number of carbonyl (C=O) groups is 2. The Hall–Kier alpha value is -1.88. The number of ketones is 1. The standard InChI is InChI=1S/C18H25NO4/c1-3-23-18(21)15-5-4-11-19(13-15)12-10-17(20)14-6-8-16(22-2)9-7-14/h6-9,15H,3-5,10-13H2,1-2H3. The van der Waals surface area contributed by atoms with Crippen molar-refractivity contribution < 1.29 is 19.1 Å². The second kappa shape index (κ2) is 8.67. The van der Waals surface area contributed by atoms with Crippen LogP contribution in [0.3, 0.4) is 0 Å². The van der Waals surface area contributed by atoms with Gasteiger partial charge in [-0.15, -0.1) is 0 Å². The van der Waals surface area contributed by atoms with Crippen molar-refractivity contribution in [1.82, 2.24) is 4.90 Å². The summed E-state index contributed by atoms with van der Waals surface area (Å²) in [7, 11) is 1.60. The van der Waals surface area contributed by atoms with Crippen molar-refractivity contribution in [2.75, 3.05) is 33.4 Å². The zero-order valence-corrected chi connectivity index (χ0v) is 13.9. The molecule has 0 N–H and O–H groups in total. The molecule has 0 saturated carbocycles. The Bertz CT molecular complexity index is 526. The van der Waals surface area contributed by atoms with Crippen LogP contribution in [0.15, 0.2) is 24.3 Å². The number of Topliss-reactive ketones (excluding diaryl/α,β-unsaturated/α-hetero) is 1. The molecule has 23 heavy (non-hydrogen) atoms. The number of ether oxygens (including phenoxy) is 2. The van der Waals surface area contributed by atoms with Gasteiger partial charge in [-0.1, -0.05) is 0 Å². The molecule has 0 radical (unpaired) electrons. The van der Waals surface area contributed by atoms with Crippen LogP contribution in [0.4, 0.5) is 0 Å². The van der Waals surface area contributed by atoms with Crippen molar-refractivity contribution >= 4 is 11.8 Å². The first kappa shape index (κ1) is 17.5. The van der Waals surface area contributed by atoms with Gasteiger partial charge in [0.2, 0.25) is 0 Å². The molecule has 1 aliphatic heterocycles. The predicted molar refractivity (Wildman–Crippen MR) is 87.7 cm³/mol. The van der Waals surface area contributed by atoms with Crippen LogP contribution in [0.25, 0.3) is 0 Å². The minimum atomic E-state index is -0.112. The highest BCUT2D eigenvalue weighted by molar-refractivity contribution is 5.96. The Morgan fingerprint density at radius 3 is 2.65 bits per heavy atom. The maximum atomic E-state index is 12.2. The van der Waals surface area contributed by atoms with Crippen LogP contribution in [0.5, 0.6) is 5.75 Å². The Balaban J connectivity index is 1.82. The molecule has 1 aromatic carbocycles. The molecule has 1 heterocycles. The van der Waals surface area contributed by atoms with E-state index in [2.05, 4.69) is 4.90 Å². The molecular weight excluding hydrogens is 294 g/mol. The van der Waals surface area contributed by atoms with Crippen LogP contribution < -0.4 is 4.74 Å². The Morgan fingerprint density at radius 1 is 1.26 bits per heavy atom. The number of nitrogens with zero attached hydrogens (tertiary/aromatic N) is 1. The van der Waals surface area contributed by atoms with Crippen LogP contribution in [-0.4, -0.2) is 50.0 Å². The number of methoxy groups -OCH3 is 1. The average molecular weight is 319 g/mol. The zero-order chi connectivity index (χ0) is 16.7. The van der Waals surface area contributed by atoms with E-state index in [4.69, 9.17) is 9.47 Å². The first-order chi connectivity index (χ1) is 11.1. The van der Waals surface area contributed by atoms with E-state index in [1.807, 2.05) is 6.92 Å². The van der Waals surface area contributed by atoms with Gasteiger partial charge in [-0.3, -0.25) is 9.59 Å². The highest BCUT2D eigenvalue weighted by Gasteiger charge is 2.26. The maximum absolute atomic E-state index is 12.2. The van der Waals surface area contributed by atoms with Crippen molar-refractivity contribution in [3.63, 3.8) is 0 Å². The summed E-state index contributed by atoms with van der Waals surface area (Å²) in [6, 6.07) is 7.17. The summed E-state index contributed by atoms with van der Waals surface area (Å²) >= 11 is 0. The summed E-state index contributed by atoms with van der Waals surface area (Å²) in [4.78, 5) is 26.3. The first-order valence-corrected chi connectivity index (χ1v) is 8.20. The fourth-order valence-corrected chi connectivity index (χ4v) is 2.89. The Morgan fingerprint density at radius 2 is 2.00 bits per heavy atom. The number of hydrogen-bond acceptors (Lipinski definition) is 5. The molecule has 1 atom stereocenters. The summed E-state index contributed by atoms with van der Waals surface area (Å²) in [6.45, 7) is 4.55. The van der Waals surface area contributed by atoms with Crippen LogP contribution >= 0.6 is 0 Å². The van der Waals surface area contributed by atoms with Gasteiger partial charge in [0.25, 0.3) is 0 Å². The van der Waals surface area contributed by atoms with Gasteiger partial charge in [-0.2, -0.15) is 0 Å². The summed E-state index contributed by atoms with van der Waals surface area (Å²) in [5.41, 5.74) is 0.699. The average Bonchev–Trinajstić information content (AvgIpc) is 2.60. The van der Waals surface area contributed by atoms with Crippen LogP contribution in [0, 0.1) is 5.92 Å². The fraction of sp³-hybridized carbons (Fsp3) is 0.556. The van der Waals surface area contributed by atoms with E-state index in [1.54, 1.807) is 31.4 Å². The van der Waals surface area contributed by atoms with Gasteiger partial charge >= 0.3 is 5.97 Å². The molecule has 1 aromatic rings. The van der Waals surface area contributed by atoms with Gasteiger partial charge in [0.1, 0.15) is 5.75 Å². The van der Waals surface area contributed by atoms with Crippen molar-refractivity contribution in [1.29, 1.82) is 0 Å². The highest BCUT2D eigenvalue weighted by atomic mass is 16.5. The van der Waals surface area contributed by atoms with Crippen molar-refractivity contribution in [2.24, 2.45) is 5.92 Å². The number of carbonyl (C=O) groups excluding carboxylic acids is 2. The second-order valence-electron chi connectivity index (χ2n) is 5.79. The van der Waals surface area contributed by atoms with Gasteiger partial charge in [-0.05, 0) is 50.6 Å². The molecule has 0 bridgehead atoms. The lowest BCUT2D eigenvalue weighted by Gasteiger charge is -2.31. The molecule has 5 heteroatoms. The van der Waals surface area contributed by atoms with Gasteiger partial charge in [0.05, 0.1) is 19.6 Å². The third kappa shape index (κ3) is 5.06. The van der Waals surface area contributed by atoms with E-state index in [0.29, 0.717) is 31.7 Å². The molecule has 2 rings (SSSR count). The monoisotopic (exact) mass is 319 g/mol. The molecule has 1 unspecified atom stereocenters. The number of esters is 1. The van der Waals surface area contributed by atoms with Gasteiger partial charge in [0, 0.05) is 25.1 Å². The Kier molecular flexibility index (Phi) is 6.59. The van der Waals surface area contributed by atoms with E-state index < -0.39 is 0 Å². The molecule has 0 amide bonds. The van der Waals surface area contributed by atoms with Crippen LogP contribution in [0.1, 0.15) is 36.5 Å². The number of likely N-dealkylation sites (tertiary alicyclic amines) is 1. The highest BCUT2D eigenvalue weighted by Crippen LogP contribution is 2.19. The number of hydrogen-bond donors (Lipinski definition) is 0. The van der Waals surface area contributed by atoms with E-state index >= 15 is 0 Å².